The lowest BCUT2D eigenvalue weighted by Crippen LogP contribution is -2.35. The second-order valence-corrected chi connectivity index (χ2v) is 4.99. The second kappa shape index (κ2) is 5.97. The van der Waals surface area contributed by atoms with Gasteiger partial charge in [-0.3, -0.25) is 0 Å². The van der Waals surface area contributed by atoms with Gasteiger partial charge >= 0.3 is 0 Å². The van der Waals surface area contributed by atoms with Gasteiger partial charge in [-0.25, -0.2) is 0 Å². The smallest absolute Gasteiger partial charge is 0.117 e. The molecule has 0 aromatic heterocycles. The third-order valence-electron chi connectivity index (χ3n) is 3.67. The maximum atomic E-state index is 10.0. The number of allylic oxidation sites excluding steroid dienone is 1. The van der Waals surface area contributed by atoms with Gasteiger partial charge in [-0.05, 0) is 24.0 Å². The fourth-order valence-corrected chi connectivity index (χ4v) is 2.49. The summed E-state index contributed by atoms with van der Waals surface area (Å²) in [5.74, 6) is 0. The van der Waals surface area contributed by atoms with Gasteiger partial charge in [0.15, 0.2) is 0 Å². The van der Waals surface area contributed by atoms with Gasteiger partial charge in [0, 0.05) is 0 Å². The van der Waals surface area contributed by atoms with E-state index in [9.17, 15) is 15.3 Å². The molecular weight excluding hydrogens is 232 g/mol. The molecule has 3 N–H and O–H groups in total. The van der Waals surface area contributed by atoms with Crippen LogP contribution in [0, 0.1) is 0 Å². The largest absolute Gasteiger partial charge is 0.392 e. The average molecular weight is 254 g/mol. The number of epoxide rings is 1. The molecule has 0 spiro atoms. The molecule has 0 aromatic rings. The van der Waals surface area contributed by atoms with E-state index in [0.29, 0.717) is 11.1 Å². The van der Waals surface area contributed by atoms with Crippen molar-refractivity contribution in [2.45, 2.75) is 57.0 Å². The van der Waals surface area contributed by atoms with E-state index in [1.54, 1.807) is 0 Å². The third kappa shape index (κ3) is 2.67. The Labute approximate surface area is 108 Å². The molecule has 0 unspecified atom stereocenters. The number of unbranched alkanes of at least 4 members (excludes halogenated alkanes) is 3. The highest BCUT2D eigenvalue weighted by atomic mass is 16.6. The normalized spacial score (nSPS) is 35.1. The maximum absolute atomic E-state index is 10.0. The zero-order chi connectivity index (χ0) is 13.1. The first-order chi connectivity index (χ1) is 8.70. The van der Waals surface area contributed by atoms with E-state index in [0.717, 1.165) is 12.8 Å². The van der Waals surface area contributed by atoms with Gasteiger partial charge in [0.1, 0.15) is 24.4 Å². The minimum absolute atomic E-state index is 0.237. The predicted molar refractivity (Wildman–Crippen MR) is 68.1 cm³/mol. The van der Waals surface area contributed by atoms with Gasteiger partial charge < -0.3 is 20.1 Å². The van der Waals surface area contributed by atoms with E-state index in [2.05, 4.69) is 6.92 Å². The predicted octanol–water partition coefficient (Wildman–Crippen LogP) is 0.915. The molecule has 2 rings (SSSR count). The summed E-state index contributed by atoms with van der Waals surface area (Å²) in [6, 6.07) is 0. The molecule has 2 aliphatic rings. The molecule has 1 saturated heterocycles. The Morgan fingerprint density at radius 2 is 1.89 bits per heavy atom. The van der Waals surface area contributed by atoms with Crippen LogP contribution in [-0.2, 0) is 4.74 Å². The topological polar surface area (TPSA) is 73.2 Å². The maximum Gasteiger partial charge on any atom is 0.117 e. The highest BCUT2D eigenvalue weighted by molar-refractivity contribution is 5.39. The number of aliphatic hydroxyl groups excluding tert-OH is 3. The minimum atomic E-state index is -0.779. The summed E-state index contributed by atoms with van der Waals surface area (Å²) in [7, 11) is 0. The zero-order valence-electron chi connectivity index (χ0n) is 10.7. The van der Waals surface area contributed by atoms with E-state index in [1.165, 1.54) is 12.8 Å². The molecule has 1 aliphatic carbocycles. The van der Waals surface area contributed by atoms with Crippen LogP contribution in [0.5, 0.6) is 0 Å². The SMILES string of the molecule is CCCCC/C=C/C1=C(CO)[C@H](O)[C@H]2O[C@H]2[C@@H]1O. The number of aliphatic hydroxyl groups is 3. The van der Waals surface area contributed by atoms with Crippen molar-refractivity contribution < 1.29 is 20.1 Å². The summed E-state index contributed by atoms with van der Waals surface area (Å²) in [6.07, 6.45) is 6.13. The number of rotatable bonds is 6. The zero-order valence-corrected chi connectivity index (χ0v) is 10.7. The monoisotopic (exact) mass is 254 g/mol. The van der Waals surface area contributed by atoms with Crippen molar-refractivity contribution in [2.75, 3.05) is 6.61 Å². The summed E-state index contributed by atoms with van der Waals surface area (Å²) in [6.45, 7) is 1.92. The molecule has 0 aromatic carbocycles. The van der Waals surface area contributed by atoms with E-state index in [1.807, 2.05) is 12.2 Å². The Morgan fingerprint density at radius 3 is 2.56 bits per heavy atom. The summed E-state index contributed by atoms with van der Waals surface area (Å²) < 4.78 is 5.22. The molecule has 1 aliphatic heterocycles. The second-order valence-electron chi connectivity index (χ2n) is 4.99. The molecule has 4 atom stereocenters. The Kier molecular flexibility index (Phi) is 4.56. The average Bonchev–Trinajstić information content (AvgIpc) is 3.15. The van der Waals surface area contributed by atoms with Crippen LogP contribution < -0.4 is 0 Å². The molecule has 4 heteroatoms. The Hall–Kier alpha value is -0.680. The Morgan fingerprint density at radius 1 is 1.17 bits per heavy atom. The summed E-state index contributed by atoms with van der Waals surface area (Å²) in [5, 5.41) is 29.3. The third-order valence-corrected chi connectivity index (χ3v) is 3.67. The van der Waals surface area contributed by atoms with Crippen LogP contribution in [0.1, 0.15) is 32.6 Å². The quantitative estimate of drug-likeness (QED) is 0.487. The van der Waals surface area contributed by atoms with Gasteiger partial charge in [0.25, 0.3) is 0 Å². The van der Waals surface area contributed by atoms with Gasteiger partial charge in [-0.15, -0.1) is 0 Å². The first-order valence-electron chi connectivity index (χ1n) is 6.72. The van der Waals surface area contributed by atoms with Gasteiger partial charge in [0.05, 0.1) is 6.61 Å². The standard InChI is InChI=1S/C14H22O4/c1-2-3-4-5-6-7-9-10(8-15)12(17)14-13(18-14)11(9)16/h6-7,11-17H,2-5,8H2,1H3/b7-6+/t11-,12+,13+,14-/m1/s1. The lowest BCUT2D eigenvalue weighted by molar-refractivity contribution is 0.141. The van der Waals surface area contributed by atoms with Crippen molar-refractivity contribution in [2.24, 2.45) is 0 Å². The molecule has 0 radical (unpaired) electrons. The lowest BCUT2D eigenvalue weighted by Gasteiger charge is -2.23. The lowest BCUT2D eigenvalue weighted by atomic mass is 9.87. The molecule has 0 bridgehead atoms. The molecule has 0 amide bonds. The molecule has 0 saturated carbocycles. The summed E-state index contributed by atoms with van der Waals surface area (Å²) in [4.78, 5) is 0. The molecular formula is C14H22O4. The van der Waals surface area contributed by atoms with Crippen LogP contribution in [0.2, 0.25) is 0 Å². The molecule has 1 fully saturated rings. The van der Waals surface area contributed by atoms with Crippen LogP contribution in [0.3, 0.4) is 0 Å². The number of hydrogen-bond acceptors (Lipinski definition) is 4. The molecule has 1 heterocycles. The minimum Gasteiger partial charge on any atom is -0.392 e. The van der Waals surface area contributed by atoms with E-state index in [-0.39, 0.29) is 18.8 Å². The fourth-order valence-electron chi connectivity index (χ4n) is 2.49. The van der Waals surface area contributed by atoms with Gasteiger partial charge in [0.2, 0.25) is 0 Å². The molecule has 102 valence electrons. The number of hydrogen-bond donors (Lipinski definition) is 3. The molecule has 4 nitrogen and oxygen atoms in total. The van der Waals surface area contributed by atoms with Crippen LogP contribution in [-0.4, -0.2) is 46.3 Å². The highest BCUT2D eigenvalue weighted by Crippen LogP contribution is 2.40. The van der Waals surface area contributed by atoms with Crippen molar-refractivity contribution in [3.63, 3.8) is 0 Å². The van der Waals surface area contributed by atoms with Gasteiger partial charge in [-0.2, -0.15) is 0 Å². The van der Waals surface area contributed by atoms with E-state index >= 15 is 0 Å². The Bertz CT molecular complexity index is 348. The highest BCUT2D eigenvalue weighted by Gasteiger charge is 2.54. The van der Waals surface area contributed by atoms with E-state index in [4.69, 9.17) is 4.74 Å². The summed E-state index contributed by atoms with van der Waals surface area (Å²) >= 11 is 0. The number of ether oxygens (including phenoxy) is 1. The van der Waals surface area contributed by atoms with Crippen LogP contribution in [0.25, 0.3) is 0 Å². The van der Waals surface area contributed by atoms with Crippen molar-refractivity contribution in [3.8, 4) is 0 Å². The van der Waals surface area contributed by atoms with E-state index < -0.39 is 12.2 Å². The van der Waals surface area contributed by atoms with Crippen molar-refractivity contribution >= 4 is 0 Å². The fraction of sp³-hybridized carbons (Fsp3) is 0.714. The van der Waals surface area contributed by atoms with Gasteiger partial charge in [-0.1, -0.05) is 31.9 Å². The van der Waals surface area contributed by atoms with Crippen molar-refractivity contribution in [1.82, 2.24) is 0 Å². The van der Waals surface area contributed by atoms with Crippen LogP contribution in [0.15, 0.2) is 23.3 Å². The van der Waals surface area contributed by atoms with Crippen molar-refractivity contribution in [1.29, 1.82) is 0 Å². The first-order valence-corrected chi connectivity index (χ1v) is 6.72. The van der Waals surface area contributed by atoms with Crippen molar-refractivity contribution in [3.05, 3.63) is 23.3 Å². The Balaban J connectivity index is 2.02. The number of fused-ring (bicyclic) bond motifs is 1. The first kappa shape index (κ1) is 13.7. The molecule has 18 heavy (non-hydrogen) atoms. The van der Waals surface area contributed by atoms with Crippen LogP contribution in [0.4, 0.5) is 0 Å². The van der Waals surface area contributed by atoms with Crippen LogP contribution >= 0.6 is 0 Å². The summed E-state index contributed by atoms with van der Waals surface area (Å²) in [5.41, 5.74) is 1.12.